The number of nitrogens with one attached hydrogen (secondary N) is 1. The summed E-state index contributed by atoms with van der Waals surface area (Å²) in [5.74, 6) is 0.322. The van der Waals surface area contributed by atoms with Gasteiger partial charge in [-0.05, 0) is 43.7 Å². The molecule has 0 aliphatic carbocycles. The first-order valence-electron chi connectivity index (χ1n) is 8.09. The van der Waals surface area contributed by atoms with Gasteiger partial charge in [-0.1, -0.05) is 30.3 Å². The third-order valence-corrected chi connectivity index (χ3v) is 3.63. The minimum absolute atomic E-state index is 0.00142. The van der Waals surface area contributed by atoms with Gasteiger partial charge in [-0.25, -0.2) is 4.79 Å². The average Bonchev–Trinajstić information content (AvgIpc) is 2.60. The second kappa shape index (κ2) is 7.21. The fourth-order valence-corrected chi connectivity index (χ4v) is 2.46. The molecular weight excluding hydrogens is 318 g/mol. The van der Waals surface area contributed by atoms with Gasteiger partial charge < -0.3 is 14.5 Å². The maximum atomic E-state index is 12.3. The molecule has 0 unspecified atom stereocenters. The molecule has 128 valence electrons. The number of ether oxygens (including phenoxy) is 1. The number of rotatable bonds is 5. The van der Waals surface area contributed by atoms with Crippen LogP contribution in [0, 0.1) is 0 Å². The van der Waals surface area contributed by atoms with Crippen LogP contribution in [0.15, 0.2) is 63.8 Å². The molecule has 0 spiro atoms. The predicted octanol–water partition coefficient (Wildman–Crippen LogP) is 3.51. The van der Waals surface area contributed by atoms with Crippen LogP contribution in [0.25, 0.3) is 11.0 Å². The van der Waals surface area contributed by atoms with Crippen LogP contribution in [-0.2, 0) is 6.54 Å². The summed E-state index contributed by atoms with van der Waals surface area (Å²) in [5.41, 5.74) is 0.731. The Hall–Kier alpha value is -3.08. The van der Waals surface area contributed by atoms with Gasteiger partial charge in [-0.3, -0.25) is 4.79 Å². The van der Waals surface area contributed by atoms with Gasteiger partial charge in [0.15, 0.2) is 0 Å². The lowest BCUT2D eigenvalue weighted by atomic mass is 10.1. The van der Waals surface area contributed by atoms with Crippen molar-refractivity contribution in [3.05, 3.63) is 76.1 Å². The quantitative estimate of drug-likeness (QED) is 0.724. The zero-order valence-electron chi connectivity index (χ0n) is 14.1. The molecule has 3 rings (SSSR count). The molecule has 0 radical (unpaired) electrons. The number of benzene rings is 2. The number of hydrogen-bond acceptors (Lipinski definition) is 4. The molecule has 0 aliphatic heterocycles. The number of carbonyl (C=O) groups is 1. The molecule has 0 atom stereocenters. The molecule has 3 aromatic rings. The van der Waals surface area contributed by atoms with Crippen LogP contribution in [0.5, 0.6) is 5.75 Å². The highest BCUT2D eigenvalue weighted by Gasteiger charge is 2.13. The SMILES string of the molecule is CC(C)Oc1ccc(CNC(=O)c2cc3ccccc3oc2=O)cc1. The van der Waals surface area contributed by atoms with E-state index in [1.807, 2.05) is 44.2 Å². The van der Waals surface area contributed by atoms with Gasteiger partial charge in [0.1, 0.15) is 16.9 Å². The van der Waals surface area contributed by atoms with E-state index < -0.39 is 11.5 Å². The Bertz CT molecular complexity index is 942. The third-order valence-electron chi connectivity index (χ3n) is 3.63. The summed E-state index contributed by atoms with van der Waals surface area (Å²) in [4.78, 5) is 24.3. The first kappa shape index (κ1) is 16.8. The standard InChI is InChI=1S/C20H19NO4/c1-13(2)24-16-9-7-14(8-10-16)12-21-19(22)17-11-15-5-3-4-6-18(15)25-20(17)23/h3-11,13H,12H2,1-2H3,(H,21,22). The van der Waals surface area contributed by atoms with Crippen molar-refractivity contribution in [2.24, 2.45) is 0 Å². The van der Waals surface area contributed by atoms with Crippen LogP contribution in [-0.4, -0.2) is 12.0 Å². The molecule has 1 heterocycles. The van der Waals surface area contributed by atoms with E-state index in [0.717, 1.165) is 11.3 Å². The monoisotopic (exact) mass is 337 g/mol. The van der Waals surface area contributed by atoms with E-state index in [9.17, 15) is 9.59 Å². The Labute approximate surface area is 145 Å². The molecule has 1 aromatic heterocycles. The van der Waals surface area contributed by atoms with E-state index in [1.165, 1.54) is 0 Å². The van der Waals surface area contributed by atoms with E-state index in [4.69, 9.17) is 9.15 Å². The van der Waals surface area contributed by atoms with Gasteiger partial charge in [0.05, 0.1) is 6.10 Å². The molecule has 0 saturated carbocycles. The Kier molecular flexibility index (Phi) is 4.84. The van der Waals surface area contributed by atoms with Crippen molar-refractivity contribution < 1.29 is 13.9 Å². The lowest BCUT2D eigenvalue weighted by Gasteiger charge is -2.10. The van der Waals surface area contributed by atoms with E-state index in [-0.39, 0.29) is 11.7 Å². The predicted molar refractivity (Wildman–Crippen MR) is 95.9 cm³/mol. The minimum Gasteiger partial charge on any atom is -0.491 e. The van der Waals surface area contributed by atoms with Crippen LogP contribution < -0.4 is 15.7 Å². The molecule has 2 aromatic carbocycles. The molecule has 1 amide bonds. The van der Waals surface area contributed by atoms with E-state index in [2.05, 4.69) is 5.32 Å². The van der Waals surface area contributed by atoms with E-state index in [0.29, 0.717) is 17.5 Å². The van der Waals surface area contributed by atoms with Gasteiger partial charge in [-0.15, -0.1) is 0 Å². The third kappa shape index (κ3) is 4.07. The van der Waals surface area contributed by atoms with Gasteiger partial charge in [0.2, 0.25) is 0 Å². The smallest absolute Gasteiger partial charge is 0.349 e. The van der Waals surface area contributed by atoms with Crippen LogP contribution in [0.1, 0.15) is 29.8 Å². The normalized spacial score (nSPS) is 10.8. The van der Waals surface area contributed by atoms with Crippen molar-refractivity contribution in [1.82, 2.24) is 5.32 Å². The van der Waals surface area contributed by atoms with Crippen molar-refractivity contribution in [2.75, 3.05) is 0 Å². The largest absolute Gasteiger partial charge is 0.491 e. The topological polar surface area (TPSA) is 68.5 Å². The molecular formula is C20H19NO4. The molecule has 5 nitrogen and oxygen atoms in total. The Balaban J connectivity index is 1.70. The first-order chi connectivity index (χ1) is 12.0. The lowest BCUT2D eigenvalue weighted by Crippen LogP contribution is -2.27. The summed E-state index contributed by atoms with van der Waals surface area (Å²) < 4.78 is 10.8. The number of hydrogen-bond donors (Lipinski definition) is 1. The van der Waals surface area contributed by atoms with Gasteiger partial charge in [0.25, 0.3) is 5.91 Å². The Morgan fingerprint density at radius 1 is 1.12 bits per heavy atom. The highest BCUT2D eigenvalue weighted by Crippen LogP contribution is 2.15. The van der Waals surface area contributed by atoms with E-state index in [1.54, 1.807) is 24.3 Å². The van der Waals surface area contributed by atoms with Crippen LogP contribution in [0.2, 0.25) is 0 Å². The number of para-hydroxylation sites is 1. The number of carbonyl (C=O) groups excluding carboxylic acids is 1. The molecule has 1 N–H and O–H groups in total. The maximum Gasteiger partial charge on any atom is 0.349 e. The van der Waals surface area contributed by atoms with Crippen molar-refractivity contribution in [3.63, 3.8) is 0 Å². The fourth-order valence-electron chi connectivity index (χ4n) is 2.46. The average molecular weight is 337 g/mol. The minimum atomic E-state index is -0.642. The maximum absolute atomic E-state index is 12.3. The molecule has 0 aliphatic rings. The zero-order valence-corrected chi connectivity index (χ0v) is 14.1. The zero-order chi connectivity index (χ0) is 17.8. The molecule has 0 bridgehead atoms. The highest BCUT2D eigenvalue weighted by molar-refractivity contribution is 5.96. The molecule has 25 heavy (non-hydrogen) atoms. The molecule has 5 heteroatoms. The fraction of sp³-hybridized carbons (Fsp3) is 0.200. The summed E-state index contributed by atoms with van der Waals surface area (Å²) in [7, 11) is 0. The molecule has 0 fully saturated rings. The Morgan fingerprint density at radius 2 is 1.84 bits per heavy atom. The molecule has 0 saturated heterocycles. The summed E-state index contributed by atoms with van der Waals surface area (Å²) in [6.45, 7) is 4.24. The van der Waals surface area contributed by atoms with Crippen molar-refractivity contribution in [2.45, 2.75) is 26.5 Å². The number of fused-ring (bicyclic) bond motifs is 1. The van der Waals surface area contributed by atoms with E-state index >= 15 is 0 Å². The summed E-state index contributed by atoms with van der Waals surface area (Å²) in [5, 5.41) is 3.45. The summed E-state index contributed by atoms with van der Waals surface area (Å²) in [6, 6.07) is 16.1. The summed E-state index contributed by atoms with van der Waals surface area (Å²) in [6.07, 6.45) is 0.109. The summed E-state index contributed by atoms with van der Waals surface area (Å²) >= 11 is 0. The van der Waals surface area contributed by atoms with Crippen LogP contribution >= 0.6 is 0 Å². The van der Waals surface area contributed by atoms with Crippen molar-refractivity contribution >= 4 is 16.9 Å². The van der Waals surface area contributed by atoms with Crippen LogP contribution in [0.4, 0.5) is 0 Å². The Morgan fingerprint density at radius 3 is 2.56 bits per heavy atom. The second-order valence-electron chi connectivity index (χ2n) is 5.98. The van der Waals surface area contributed by atoms with Gasteiger partial charge >= 0.3 is 5.63 Å². The van der Waals surface area contributed by atoms with Gasteiger partial charge in [0, 0.05) is 11.9 Å². The van der Waals surface area contributed by atoms with Crippen molar-refractivity contribution in [1.29, 1.82) is 0 Å². The first-order valence-corrected chi connectivity index (χ1v) is 8.09. The lowest BCUT2D eigenvalue weighted by molar-refractivity contribution is 0.0947. The van der Waals surface area contributed by atoms with Gasteiger partial charge in [-0.2, -0.15) is 0 Å². The number of amides is 1. The van der Waals surface area contributed by atoms with Crippen LogP contribution in [0.3, 0.4) is 0 Å². The second-order valence-corrected chi connectivity index (χ2v) is 5.98. The highest BCUT2D eigenvalue weighted by atomic mass is 16.5. The van der Waals surface area contributed by atoms with Crippen molar-refractivity contribution in [3.8, 4) is 5.75 Å².